The van der Waals surface area contributed by atoms with Crippen LogP contribution >= 0.6 is 15.9 Å². The molecule has 0 spiro atoms. The van der Waals surface area contributed by atoms with Crippen LogP contribution in [0.3, 0.4) is 0 Å². The van der Waals surface area contributed by atoms with Crippen LogP contribution in [0, 0.1) is 6.92 Å². The number of aromatic nitrogens is 3. The number of pyridine rings is 1. The van der Waals surface area contributed by atoms with E-state index in [4.69, 9.17) is 0 Å². The third-order valence-corrected chi connectivity index (χ3v) is 3.68. The molecule has 0 bridgehead atoms. The highest BCUT2D eigenvalue weighted by molar-refractivity contribution is 9.10. The fraction of sp³-hybridized carbons (Fsp3) is 0.429. The summed E-state index contributed by atoms with van der Waals surface area (Å²) in [4.78, 5) is 6.37. The topological polar surface area (TPSA) is 54.2 Å². The van der Waals surface area contributed by atoms with E-state index in [1.54, 1.807) is 12.4 Å². The lowest BCUT2D eigenvalue weighted by molar-refractivity contribution is 0.200. The van der Waals surface area contributed by atoms with Gasteiger partial charge in [-0.1, -0.05) is 6.07 Å². The van der Waals surface area contributed by atoms with Crippen molar-refractivity contribution in [2.45, 2.75) is 19.6 Å². The predicted molar refractivity (Wildman–Crippen MR) is 81.5 cm³/mol. The summed E-state index contributed by atoms with van der Waals surface area (Å²) in [5.41, 5.74) is 2.44. The summed E-state index contributed by atoms with van der Waals surface area (Å²) in [5.74, 6) is 0. The highest BCUT2D eigenvalue weighted by Gasteiger charge is 2.20. The van der Waals surface area contributed by atoms with Gasteiger partial charge in [0.15, 0.2) is 0 Å². The molecule has 20 heavy (non-hydrogen) atoms. The maximum Gasteiger partial charge on any atom is 0.139 e. The molecular formula is C14H19BrN4O. The van der Waals surface area contributed by atoms with Gasteiger partial charge in [-0.05, 0) is 48.6 Å². The molecule has 6 heteroatoms. The number of halogens is 1. The lowest BCUT2D eigenvalue weighted by Crippen LogP contribution is -2.21. The molecular weight excluding hydrogens is 320 g/mol. The first-order valence-electron chi connectivity index (χ1n) is 6.45. The maximum atomic E-state index is 10.5. The number of hydrogen-bond donors (Lipinski definition) is 1. The van der Waals surface area contributed by atoms with Crippen molar-refractivity contribution in [1.82, 2.24) is 19.7 Å². The van der Waals surface area contributed by atoms with Gasteiger partial charge >= 0.3 is 0 Å². The lowest BCUT2D eigenvalue weighted by Gasteiger charge is -2.16. The normalized spacial score (nSPS) is 12.9. The molecule has 108 valence electrons. The predicted octanol–water partition coefficient (Wildman–Crippen LogP) is 1.99. The van der Waals surface area contributed by atoms with E-state index in [0.29, 0.717) is 5.69 Å². The molecule has 5 nitrogen and oxygen atoms in total. The monoisotopic (exact) mass is 338 g/mol. The van der Waals surface area contributed by atoms with E-state index >= 15 is 0 Å². The molecule has 0 aromatic carbocycles. The van der Waals surface area contributed by atoms with Crippen LogP contribution in [0.5, 0.6) is 0 Å². The summed E-state index contributed by atoms with van der Waals surface area (Å²) in [5, 5.41) is 14.8. The van der Waals surface area contributed by atoms with Crippen LogP contribution in [0.1, 0.15) is 23.1 Å². The van der Waals surface area contributed by atoms with Gasteiger partial charge in [0, 0.05) is 12.7 Å². The highest BCUT2D eigenvalue weighted by atomic mass is 79.9. The first kappa shape index (κ1) is 15.2. The lowest BCUT2D eigenvalue weighted by atomic mass is 10.1. The zero-order valence-corrected chi connectivity index (χ0v) is 13.5. The van der Waals surface area contributed by atoms with Crippen LogP contribution in [0.2, 0.25) is 0 Å². The van der Waals surface area contributed by atoms with Crippen molar-refractivity contribution in [3.63, 3.8) is 0 Å². The molecule has 0 aliphatic heterocycles. The van der Waals surface area contributed by atoms with Crippen molar-refractivity contribution in [2.24, 2.45) is 0 Å². The molecule has 0 aliphatic rings. The quantitative estimate of drug-likeness (QED) is 0.905. The van der Waals surface area contributed by atoms with Gasteiger partial charge in [-0.25, -0.2) is 0 Å². The fourth-order valence-corrected chi connectivity index (χ4v) is 2.41. The van der Waals surface area contributed by atoms with E-state index in [1.165, 1.54) is 0 Å². The molecule has 0 saturated heterocycles. The van der Waals surface area contributed by atoms with E-state index in [1.807, 2.05) is 37.8 Å². The first-order valence-corrected chi connectivity index (χ1v) is 7.25. The molecule has 2 heterocycles. The van der Waals surface area contributed by atoms with Crippen LogP contribution in [0.25, 0.3) is 0 Å². The highest BCUT2D eigenvalue weighted by Crippen LogP contribution is 2.27. The third-order valence-electron chi connectivity index (χ3n) is 3.07. The van der Waals surface area contributed by atoms with Crippen molar-refractivity contribution in [3.05, 3.63) is 46.0 Å². The van der Waals surface area contributed by atoms with Crippen molar-refractivity contribution in [3.8, 4) is 0 Å². The minimum Gasteiger partial charge on any atom is -0.380 e. The van der Waals surface area contributed by atoms with Gasteiger partial charge in [0.25, 0.3) is 0 Å². The van der Waals surface area contributed by atoms with Gasteiger partial charge in [0.05, 0.1) is 28.6 Å². The Morgan fingerprint density at radius 3 is 2.70 bits per heavy atom. The van der Waals surface area contributed by atoms with E-state index in [0.717, 1.165) is 28.8 Å². The molecule has 0 aliphatic carbocycles. The fourth-order valence-electron chi connectivity index (χ4n) is 1.90. The van der Waals surface area contributed by atoms with Crippen LogP contribution in [0.4, 0.5) is 0 Å². The first-order chi connectivity index (χ1) is 9.49. The van der Waals surface area contributed by atoms with Gasteiger partial charge in [-0.2, -0.15) is 5.10 Å². The Labute approximate surface area is 127 Å². The third kappa shape index (κ3) is 3.45. The molecule has 1 atom stereocenters. The summed E-state index contributed by atoms with van der Waals surface area (Å²) in [6.07, 6.45) is 2.68. The van der Waals surface area contributed by atoms with Gasteiger partial charge in [-0.15, -0.1) is 0 Å². The smallest absolute Gasteiger partial charge is 0.139 e. The van der Waals surface area contributed by atoms with Crippen LogP contribution in [0.15, 0.2) is 29.0 Å². The Bertz CT molecular complexity index is 565. The summed E-state index contributed by atoms with van der Waals surface area (Å²) in [6, 6.07) is 3.79. The summed E-state index contributed by atoms with van der Waals surface area (Å²) in [7, 11) is 4.02. The molecule has 0 saturated carbocycles. The second kappa shape index (κ2) is 6.47. The Kier molecular flexibility index (Phi) is 4.91. The Hall–Kier alpha value is -1.24. The van der Waals surface area contributed by atoms with Crippen LogP contribution in [-0.2, 0) is 6.54 Å². The molecule has 2 rings (SSSR count). The molecule has 1 unspecified atom stereocenters. The van der Waals surface area contributed by atoms with Crippen molar-refractivity contribution >= 4 is 15.9 Å². The van der Waals surface area contributed by atoms with Gasteiger partial charge < -0.3 is 10.0 Å². The minimum atomic E-state index is -0.783. The number of rotatable bonds is 5. The SMILES string of the molecule is Cc1ccc(C(O)c2c(Br)cnn2CCN(C)C)nc1. The zero-order chi connectivity index (χ0) is 14.7. The number of aliphatic hydroxyl groups excluding tert-OH is 1. The van der Waals surface area contributed by atoms with Crippen molar-refractivity contribution in [2.75, 3.05) is 20.6 Å². The number of likely N-dealkylation sites (N-methyl/N-ethyl adjacent to an activating group) is 1. The number of hydrogen-bond acceptors (Lipinski definition) is 4. The molecule has 2 aromatic heterocycles. The van der Waals surface area contributed by atoms with Gasteiger partial charge in [0.1, 0.15) is 6.10 Å². The largest absolute Gasteiger partial charge is 0.380 e. The number of aliphatic hydroxyl groups is 1. The zero-order valence-electron chi connectivity index (χ0n) is 11.9. The average Bonchev–Trinajstić information content (AvgIpc) is 2.77. The van der Waals surface area contributed by atoms with Crippen molar-refractivity contribution < 1.29 is 5.11 Å². The maximum absolute atomic E-state index is 10.5. The summed E-state index contributed by atoms with van der Waals surface area (Å²) >= 11 is 3.45. The molecule has 0 amide bonds. The second-order valence-electron chi connectivity index (χ2n) is 5.07. The Morgan fingerprint density at radius 2 is 2.10 bits per heavy atom. The van der Waals surface area contributed by atoms with E-state index in [-0.39, 0.29) is 0 Å². The van der Waals surface area contributed by atoms with Gasteiger partial charge in [-0.3, -0.25) is 9.67 Å². The Morgan fingerprint density at radius 1 is 1.35 bits per heavy atom. The average molecular weight is 339 g/mol. The molecule has 0 radical (unpaired) electrons. The minimum absolute atomic E-state index is 0.628. The summed E-state index contributed by atoms with van der Waals surface area (Å²) < 4.78 is 2.61. The summed E-state index contributed by atoms with van der Waals surface area (Å²) in [6.45, 7) is 3.55. The Balaban J connectivity index is 2.26. The van der Waals surface area contributed by atoms with Crippen molar-refractivity contribution in [1.29, 1.82) is 0 Å². The number of nitrogens with zero attached hydrogens (tertiary/aromatic N) is 4. The molecule has 1 N–H and O–H groups in total. The van der Waals surface area contributed by atoms with E-state index in [9.17, 15) is 5.11 Å². The van der Waals surface area contributed by atoms with Crippen LogP contribution < -0.4 is 0 Å². The number of aryl methyl sites for hydroxylation is 1. The standard InChI is InChI=1S/C14H19BrN4O/c1-10-4-5-12(16-8-10)14(20)13-11(15)9-17-19(13)7-6-18(2)3/h4-5,8-9,14,20H,6-7H2,1-3H3. The van der Waals surface area contributed by atoms with E-state index in [2.05, 4.69) is 30.9 Å². The molecule has 2 aromatic rings. The molecule has 0 fully saturated rings. The van der Waals surface area contributed by atoms with Gasteiger partial charge in [0.2, 0.25) is 0 Å². The van der Waals surface area contributed by atoms with E-state index < -0.39 is 6.10 Å². The van der Waals surface area contributed by atoms with Crippen LogP contribution in [-0.4, -0.2) is 45.4 Å². The second-order valence-corrected chi connectivity index (χ2v) is 5.92.